The lowest BCUT2D eigenvalue weighted by Gasteiger charge is -2.44. The van der Waals surface area contributed by atoms with Gasteiger partial charge in [0.15, 0.2) is 0 Å². The number of nitrogens with zero attached hydrogens (tertiary/aromatic N) is 2. The van der Waals surface area contributed by atoms with E-state index in [0.29, 0.717) is 31.0 Å². The van der Waals surface area contributed by atoms with Gasteiger partial charge in [0.1, 0.15) is 6.04 Å². The molecule has 1 saturated carbocycles. The van der Waals surface area contributed by atoms with Crippen molar-refractivity contribution < 1.29 is 19.5 Å². The largest absolute Gasteiger partial charge is 0.478 e. The van der Waals surface area contributed by atoms with Crippen LogP contribution in [0.15, 0.2) is 18.2 Å². The van der Waals surface area contributed by atoms with E-state index in [1.165, 1.54) is 6.07 Å². The van der Waals surface area contributed by atoms with E-state index in [2.05, 4.69) is 38.0 Å². The minimum Gasteiger partial charge on any atom is -0.478 e. The van der Waals surface area contributed by atoms with Crippen LogP contribution in [-0.2, 0) is 10.2 Å². The third-order valence-corrected chi connectivity index (χ3v) is 8.22. The lowest BCUT2D eigenvalue weighted by atomic mass is 9.77. The van der Waals surface area contributed by atoms with Crippen LogP contribution in [0.1, 0.15) is 106 Å². The monoisotopic (exact) mass is 499 g/mol. The second kappa shape index (κ2) is 11.3. The number of benzene rings is 1. The lowest BCUT2D eigenvalue weighted by Crippen LogP contribution is -2.51. The third-order valence-electron chi connectivity index (χ3n) is 8.22. The molecule has 0 unspecified atom stereocenters. The highest BCUT2D eigenvalue weighted by atomic mass is 16.4. The van der Waals surface area contributed by atoms with Crippen molar-refractivity contribution in [1.82, 2.24) is 15.1 Å². The quantitative estimate of drug-likeness (QED) is 0.542. The maximum atomic E-state index is 13.5. The molecule has 2 amide bonds. The second-order valence-corrected chi connectivity index (χ2v) is 12.0. The van der Waals surface area contributed by atoms with Gasteiger partial charge in [-0.1, -0.05) is 34.1 Å². The molecule has 0 aromatic heterocycles. The van der Waals surface area contributed by atoms with E-state index >= 15 is 0 Å². The molecular formula is C29H45N3O4. The summed E-state index contributed by atoms with van der Waals surface area (Å²) in [5.41, 5.74) is 0.833. The van der Waals surface area contributed by atoms with Gasteiger partial charge in [-0.05, 0) is 88.1 Å². The summed E-state index contributed by atoms with van der Waals surface area (Å²) in [7, 11) is 2.20. The number of carbonyl (C=O) groups excluding carboxylic acids is 2. The van der Waals surface area contributed by atoms with Gasteiger partial charge in [0.05, 0.1) is 5.56 Å². The van der Waals surface area contributed by atoms with Gasteiger partial charge in [0.2, 0.25) is 5.91 Å². The minimum atomic E-state index is -1.07. The molecule has 1 aliphatic heterocycles. The Labute approximate surface area is 216 Å². The molecule has 0 bridgehead atoms. The first-order chi connectivity index (χ1) is 16.8. The Morgan fingerprint density at radius 3 is 2.39 bits per heavy atom. The molecular weight excluding hydrogens is 454 g/mol. The maximum Gasteiger partial charge on any atom is 0.335 e. The Kier molecular flexibility index (Phi) is 8.86. The Morgan fingerprint density at radius 1 is 1.14 bits per heavy atom. The first-order valence-corrected chi connectivity index (χ1v) is 13.6. The first-order valence-electron chi connectivity index (χ1n) is 13.6. The second-order valence-electron chi connectivity index (χ2n) is 12.0. The van der Waals surface area contributed by atoms with Crippen LogP contribution in [0.25, 0.3) is 0 Å². The molecule has 36 heavy (non-hydrogen) atoms. The molecule has 7 heteroatoms. The molecule has 3 rings (SSSR count). The average Bonchev–Trinajstić information content (AvgIpc) is 3.17. The summed E-state index contributed by atoms with van der Waals surface area (Å²) in [4.78, 5) is 42.7. The van der Waals surface area contributed by atoms with Crippen LogP contribution in [0, 0.1) is 5.92 Å². The van der Waals surface area contributed by atoms with Gasteiger partial charge in [-0.25, -0.2) is 4.79 Å². The molecule has 1 aromatic carbocycles. The first kappa shape index (κ1) is 28.2. The van der Waals surface area contributed by atoms with Gasteiger partial charge < -0.3 is 20.2 Å². The topological polar surface area (TPSA) is 89.9 Å². The number of hydrogen-bond donors (Lipinski definition) is 2. The van der Waals surface area contributed by atoms with Crippen molar-refractivity contribution in [2.75, 3.05) is 13.6 Å². The van der Waals surface area contributed by atoms with Gasteiger partial charge in [-0.15, -0.1) is 0 Å². The molecule has 7 nitrogen and oxygen atoms in total. The number of likely N-dealkylation sites (tertiary alicyclic amines) is 1. The van der Waals surface area contributed by atoms with Gasteiger partial charge in [-0.3, -0.25) is 9.59 Å². The number of carbonyl (C=O) groups is 3. The van der Waals surface area contributed by atoms with Crippen molar-refractivity contribution >= 4 is 17.8 Å². The normalized spacial score (nSPS) is 25.0. The van der Waals surface area contributed by atoms with Crippen molar-refractivity contribution in [1.29, 1.82) is 0 Å². The van der Waals surface area contributed by atoms with Crippen LogP contribution < -0.4 is 5.32 Å². The summed E-state index contributed by atoms with van der Waals surface area (Å²) < 4.78 is 0. The summed E-state index contributed by atoms with van der Waals surface area (Å²) in [6.07, 6.45) is 5.96. The summed E-state index contributed by atoms with van der Waals surface area (Å²) >= 11 is 0. The highest BCUT2D eigenvalue weighted by molar-refractivity contribution is 6.00. The van der Waals surface area contributed by atoms with Crippen LogP contribution in [0.4, 0.5) is 0 Å². The zero-order valence-corrected chi connectivity index (χ0v) is 23.1. The van der Waals surface area contributed by atoms with Crippen LogP contribution in [-0.4, -0.2) is 70.4 Å². The third kappa shape index (κ3) is 6.28. The van der Waals surface area contributed by atoms with Crippen LogP contribution in [0.5, 0.6) is 0 Å². The fourth-order valence-electron chi connectivity index (χ4n) is 5.83. The summed E-state index contributed by atoms with van der Waals surface area (Å²) in [5.74, 6) is -0.999. The van der Waals surface area contributed by atoms with E-state index in [9.17, 15) is 19.5 Å². The fraction of sp³-hybridized carbons (Fsp3) is 0.690. The van der Waals surface area contributed by atoms with E-state index in [1.807, 2.05) is 25.7 Å². The number of aromatic carboxylic acids is 1. The molecule has 2 aliphatic rings. The lowest BCUT2D eigenvalue weighted by molar-refractivity contribution is -0.133. The van der Waals surface area contributed by atoms with Crippen LogP contribution in [0.2, 0.25) is 0 Å². The Balaban J connectivity index is 1.73. The van der Waals surface area contributed by atoms with Crippen LogP contribution >= 0.6 is 0 Å². The molecule has 2 N–H and O–H groups in total. The number of carboxylic acid groups (broad SMARTS) is 1. The van der Waals surface area contributed by atoms with E-state index in [-0.39, 0.29) is 28.5 Å². The van der Waals surface area contributed by atoms with E-state index < -0.39 is 17.9 Å². The minimum absolute atomic E-state index is 0.00412. The Bertz CT molecular complexity index is 968. The van der Waals surface area contributed by atoms with Crippen molar-refractivity contribution in [2.24, 2.45) is 5.92 Å². The molecule has 2 fully saturated rings. The van der Waals surface area contributed by atoms with Gasteiger partial charge in [0.25, 0.3) is 5.91 Å². The van der Waals surface area contributed by atoms with Crippen molar-refractivity contribution in [3.05, 3.63) is 34.9 Å². The predicted octanol–water partition coefficient (Wildman–Crippen LogP) is 4.69. The fourth-order valence-corrected chi connectivity index (χ4v) is 5.83. The summed E-state index contributed by atoms with van der Waals surface area (Å²) in [6.45, 7) is 13.3. The number of amides is 2. The molecule has 1 aromatic rings. The molecule has 1 aliphatic carbocycles. The highest BCUT2D eigenvalue weighted by Crippen LogP contribution is 2.36. The Hall–Kier alpha value is -2.41. The molecule has 4 atom stereocenters. The smallest absolute Gasteiger partial charge is 0.335 e. The van der Waals surface area contributed by atoms with E-state index in [0.717, 1.165) is 37.7 Å². The SMILES string of the molecule is CCC[C@H]1C[C@H](N(C)C(C)C)CC[C@@H]1N1CC[C@H](NC(=O)c2cc(C(=O)O)cc(C(C)(C)C)c2)C1=O. The number of nitrogens with one attached hydrogen (secondary N) is 1. The zero-order valence-electron chi connectivity index (χ0n) is 23.1. The van der Waals surface area contributed by atoms with E-state index in [4.69, 9.17) is 0 Å². The highest BCUT2D eigenvalue weighted by Gasteiger charge is 2.42. The van der Waals surface area contributed by atoms with Crippen LogP contribution in [0.3, 0.4) is 0 Å². The maximum absolute atomic E-state index is 13.5. The molecule has 1 saturated heterocycles. The predicted molar refractivity (Wildman–Crippen MR) is 142 cm³/mol. The van der Waals surface area contributed by atoms with Gasteiger partial charge in [0, 0.05) is 30.2 Å². The average molecular weight is 500 g/mol. The Morgan fingerprint density at radius 2 is 1.81 bits per heavy atom. The van der Waals surface area contributed by atoms with Crippen molar-refractivity contribution in [3.8, 4) is 0 Å². The van der Waals surface area contributed by atoms with E-state index in [1.54, 1.807) is 12.1 Å². The van der Waals surface area contributed by atoms with Gasteiger partial charge >= 0.3 is 5.97 Å². The molecule has 1 heterocycles. The van der Waals surface area contributed by atoms with Crippen molar-refractivity contribution in [2.45, 2.75) is 110 Å². The number of rotatable bonds is 8. The molecule has 200 valence electrons. The van der Waals surface area contributed by atoms with Crippen molar-refractivity contribution in [3.63, 3.8) is 0 Å². The number of carboxylic acids is 1. The molecule has 0 radical (unpaired) electrons. The number of hydrogen-bond acceptors (Lipinski definition) is 4. The van der Waals surface area contributed by atoms with Gasteiger partial charge in [-0.2, -0.15) is 0 Å². The summed E-state index contributed by atoms with van der Waals surface area (Å²) in [6, 6.07) is 5.45. The molecule has 0 spiro atoms. The summed E-state index contributed by atoms with van der Waals surface area (Å²) in [5, 5.41) is 12.5. The standard InChI is InChI=1S/C29H45N3O4/c1-8-9-19-17-23(31(7)18(2)3)10-11-25(19)32-13-12-24(27(32)34)30-26(33)20-14-21(28(35)36)16-22(15-20)29(4,5)6/h14-16,18-19,23-25H,8-13,17H2,1-7H3,(H,30,33)(H,35,36)/t19-,23+,24-,25-/m0/s1. The zero-order chi connectivity index (χ0) is 26.8.